The molecule has 0 aliphatic rings. The number of nitrogens with two attached hydrogens (primary N) is 1. The van der Waals surface area contributed by atoms with Crippen molar-refractivity contribution in [1.29, 1.82) is 0 Å². The van der Waals surface area contributed by atoms with E-state index < -0.39 is 0 Å². The Labute approximate surface area is 102 Å². The molecule has 17 heavy (non-hydrogen) atoms. The van der Waals surface area contributed by atoms with Crippen LogP contribution in [0.15, 0.2) is 24.3 Å². The lowest BCUT2D eigenvalue weighted by Gasteiger charge is -2.25. The van der Waals surface area contributed by atoms with E-state index in [0.29, 0.717) is 6.54 Å². The largest absolute Gasteiger partial charge is 0.468 e. The third-order valence-corrected chi connectivity index (χ3v) is 2.83. The summed E-state index contributed by atoms with van der Waals surface area (Å²) in [7, 11) is 1.41. The van der Waals surface area contributed by atoms with Crippen LogP contribution in [0.4, 0.5) is 5.69 Å². The van der Waals surface area contributed by atoms with E-state index in [2.05, 4.69) is 0 Å². The first kappa shape index (κ1) is 13.5. The average Bonchev–Trinajstić information content (AvgIpc) is 2.34. The predicted molar refractivity (Wildman–Crippen MR) is 68.4 cm³/mol. The minimum atomic E-state index is -0.244. The van der Waals surface area contributed by atoms with Crippen LogP contribution >= 0.6 is 0 Å². The zero-order valence-electron chi connectivity index (χ0n) is 10.6. The first-order valence-electron chi connectivity index (χ1n) is 5.74. The Morgan fingerprint density at radius 3 is 2.76 bits per heavy atom. The van der Waals surface area contributed by atoms with Crippen LogP contribution in [0.3, 0.4) is 0 Å². The number of hydrogen-bond donors (Lipinski definition) is 1. The van der Waals surface area contributed by atoms with Gasteiger partial charge >= 0.3 is 5.97 Å². The van der Waals surface area contributed by atoms with Crippen LogP contribution in [0.5, 0.6) is 0 Å². The third-order valence-electron chi connectivity index (χ3n) is 2.83. The van der Waals surface area contributed by atoms with Gasteiger partial charge in [0.05, 0.1) is 7.11 Å². The smallest absolute Gasteiger partial charge is 0.322 e. The van der Waals surface area contributed by atoms with E-state index in [1.165, 1.54) is 7.11 Å². The molecule has 0 radical (unpaired) electrons. The van der Waals surface area contributed by atoms with Crippen molar-refractivity contribution in [2.24, 2.45) is 0 Å². The van der Waals surface area contributed by atoms with Crippen molar-refractivity contribution in [3.05, 3.63) is 29.8 Å². The fourth-order valence-corrected chi connectivity index (χ4v) is 1.77. The summed E-state index contributed by atoms with van der Waals surface area (Å²) in [5.41, 5.74) is 7.57. The zero-order valence-corrected chi connectivity index (χ0v) is 10.6. The second-order valence-electron chi connectivity index (χ2n) is 4.01. The van der Waals surface area contributed by atoms with Gasteiger partial charge in [-0.15, -0.1) is 0 Å². The molecule has 1 rings (SSSR count). The second kappa shape index (κ2) is 6.25. The number of likely N-dealkylation sites (N-methyl/N-ethyl adjacent to an activating group) is 1. The van der Waals surface area contributed by atoms with Gasteiger partial charge in [-0.1, -0.05) is 19.1 Å². The van der Waals surface area contributed by atoms with E-state index in [0.717, 1.165) is 17.8 Å². The molecule has 0 aliphatic heterocycles. The lowest BCUT2D eigenvalue weighted by molar-refractivity contribution is -0.146. The van der Waals surface area contributed by atoms with E-state index in [4.69, 9.17) is 10.5 Å². The summed E-state index contributed by atoms with van der Waals surface area (Å²) in [6.45, 7) is 5.34. The van der Waals surface area contributed by atoms with Crippen molar-refractivity contribution in [3.8, 4) is 0 Å². The topological polar surface area (TPSA) is 55.6 Å². The molecular formula is C13H20N2O2. The van der Waals surface area contributed by atoms with Crippen LogP contribution in [-0.2, 0) is 16.1 Å². The van der Waals surface area contributed by atoms with Crippen molar-refractivity contribution in [1.82, 2.24) is 4.90 Å². The first-order valence-corrected chi connectivity index (χ1v) is 5.74. The molecule has 0 bridgehead atoms. The quantitative estimate of drug-likeness (QED) is 0.624. The van der Waals surface area contributed by atoms with Gasteiger partial charge in [0.2, 0.25) is 0 Å². The summed E-state index contributed by atoms with van der Waals surface area (Å²) in [5.74, 6) is -0.212. The number of ether oxygens (including phenoxy) is 1. The number of nitrogens with zero attached hydrogens (tertiary/aromatic N) is 1. The molecule has 0 aliphatic carbocycles. The fraction of sp³-hybridized carbons (Fsp3) is 0.462. The Morgan fingerprint density at radius 2 is 2.24 bits per heavy atom. The summed E-state index contributed by atoms with van der Waals surface area (Å²) in [4.78, 5) is 13.5. The normalized spacial score (nSPS) is 12.5. The minimum Gasteiger partial charge on any atom is -0.468 e. The number of hydrogen-bond acceptors (Lipinski definition) is 4. The van der Waals surface area contributed by atoms with E-state index in [1.54, 1.807) is 0 Å². The first-order chi connectivity index (χ1) is 8.08. The van der Waals surface area contributed by atoms with Crippen molar-refractivity contribution < 1.29 is 9.53 Å². The lowest BCUT2D eigenvalue weighted by atomic mass is 10.1. The Hall–Kier alpha value is -1.55. The van der Waals surface area contributed by atoms with Crippen LogP contribution in [0.2, 0.25) is 0 Å². The highest BCUT2D eigenvalue weighted by Gasteiger charge is 2.20. The van der Waals surface area contributed by atoms with Crippen LogP contribution in [-0.4, -0.2) is 30.6 Å². The molecule has 1 aromatic carbocycles. The number of rotatable bonds is 5. The number of esters is 1. The Morgan fingerprint density at radius 1 is 1.53 bits per heavy atom. The second-order valence-corrected chi connectivity index (χ2v) is 4.01. The molecule has 0 heterocycles. The highest BCUT2D eigenvalue weighted by Crippen LogP contribution is 2.12. The molecule has 0 amide bonds. The highest BCUT2D eigenvalue weighted by atomic mass is 16.5. The molecular weight excluding hydrogens is 216 g/mol. The summed E-state index contributed by atoms with van der Waals surface area (Å²) in [6.07, 6.45) is 0. The molecule has 0 saturated heterocycles. The van der Waals surface area contributed by atoms with Crippen LogP contribution in [0.1, 0.15) is 19.4 Å². The van der Waals surface area contributed by atoms with Gasteiger partial charge in [0, 0.05) is 12.2 Å². The van der Waals surface area contributed by atoms with Gasteiger partial charge in [0.25, 0.3) is 0 Å². The summed E-state index contributed by atoms with van der Waals surface area (Å²) < 4.78 is 4.75. The lowest BCUT2D eigenvalue weighted by Crippen LogP contribution is -2.39. The molecule has 0 aromatic heterocycles. The molecule has 1 unspecified atom stereocenters. The van der Waals surface area contributed by atoms with E-state index >= 15 is 0 Å². The summed E-state index contributed by atoms with van der Waals surface area (Å²) in [5, 5.41) is 0. The third kappa shape index (κ3) is 3.75. The number of carbonyl (C=O) groups is 1. The average molecular weight is 236 g/mol. The van der Waals surface area contributed by atoms with Crippen LogP contribution in [0.25, 0.3) is 0 Å². The van der Waals surface area contributed by atoms with Gasteiger partial charge in [-0.2, -0.15) is 0 Å². The maximum atomic E-state index is 11.5. The number of benzene rings is 1. The number of methoxy groups -OCH3 is 1. The molecule has 4 nitrogen and oxygen atoms in total. The van der Waals surface area contributed by atoms with Gasteiger partial charge in [0.1, 0.15) is 6.04 Å². The molecule has 2 N–H and O–H groups in total. The van der Waals surface area contributed by atoms with Crippen molar-refractivity contribution in [3.63, 3.8) is 0 Å². The van der Waals surface area contributed by atoms with Gasteiger partial charge < -0.3 is 10.5 Å². The fourth-order valence-electron chi connectivity index (χ4n) is 1.77. The molecule has 4 heteroatoms. The molecule has 0 fully saturated rings. The number of carbonyl (C=O) groups excluding carboxylic acids is 1. The van der Waals surface area contributed by atoms with E-state index in [1.807, 2.05) is 43.0 Å². The van der Waals surface area contributed by atoms with Gasteiger partial charge in [0.15, 0.2) is 0 Å². The van der Waals surface area contributed by atoms with E-state index in [-0.39, 0.29) is 12.0 Å². The molecule has 94 valence electrons. The highest BCUT2D eigenvalue weighted by molar-refractivity contribution is 5.75. The van der Waals surface area contributed by atoms with E-state index in [9.17, 15) is 4.79 Å². The maximum Gasteiger partial charge on any atom is 0.322 e. The van der Waals surface area contributed by atoms with Gasteiger partial charge in [-0.3, -0.25) is 9.69 Å². The summed E-state index contributed by atoms with van der Waals surface area (Å²) in [6, 6.07) is 7.45. The standard InChI is InChI=1S/C13H20N2O2/c1-4-15(10(2)13(16)17-3)9-11-6-5-7-12(14)8-11/h5-8,10H,4,9,14H2,1-3H3. The van der Waals surface area contributed by atoms with Crippen molar-refractivity contribution in [2.45, 2.75) is 26.4 Å². The Kier molecular flexibility index (Phi) is 4.97. The van der Waals surface area contributed by atoms with Gasteiger partial charge in [-0.25, -0.2) is 0 Å². The molecule has 0 spiro atoms. The molecule has 1 atom stereocenters. The Bertz CT molecular complexity index is 379. The number of nitrogen functional groups attached to an aromatic ring is 1. The predicted octanol–water partition coefficient (Wildman–Crippen LogP) is 1.65. The zero-order chi connectivity index (χ0) is 12.8. The molecule has 0 saturated carbocycles. The van der Waals surface area contributed by atoms with Crippen LogP contribution < -0.4 is 5.73 Å². The van der Waals surface area contributed by atoms with Gasteiger partial charge in [-0.05, 0) is 31.2 Å². The minimum absolute atomic E-state index is 0.212. The van der Waals surface area contributed by atoms with Crippen molar-refractivity contribution in [2.75, 3.05) is 19.4 Å². The van der Waals surface area contributed by atoms with Crippen LogP contribution in [0, 0.1) is 0 Å². The Balaban J connectivity index is 2.73. The monoisotopic (exact) mass is 236 g/mol. The summed E-state index contributed by atoms with van der Waals surface area (Å²) >= 11 is 0. The number of anilines is 1. The van der Waals surface area contributed by atoms with Crippen molar-refractivity contribution >= 4 is 11.7 Å². The molecule has 1 aromatic rings. The maximum absolute atomic E-state index is 11.5. The SMILES string of the molecule is CCN(Cc1cccc(N)c1)C(C)C(=O)OC.